The van der Waals surface area contributed by atoms with Gasteiger partial charge in [-0.05, 0) is 18.2 Å². The second kappa shape index (κ2) is 8.64. The largest absolute Gasteiger partial charge is 0.493 e. The second-order valence-corrected chi connectivity index (χ2v) is 5.85. The van der Waals surface area contributed by atoms with E-state index in [-0.39, 0.29) is 11.3 Å². The Balaban J connectivity index is 2.31. The molecule has 7 nitrogen and oxygen atoms in total. The first-order valence-corrected chi connectivity index (χ1v) is 8.02. The number of hydrogen-bond donors (Lipinski definition) is 2. The van der Waals surface area contributed by atoms with Gasteiger partial charge in [-0.25, -0.2) is 9.59 Å². The predicted molar refractivity (Wildman–Crippen MR) is 100.0 cm³/mol. The zero-order valence-corrected chi connectivity index (χ0v) is 15.7. The number of carbonyl (C=O) groups is 2. The molecule has 138 valence electrons. The van der Waals surface area contributed by atoms with Gasteiger partial charge in [-0.2, -0.15) is 0 Å². The second-order valence-electron chi connectivity index (χ2n) is 4.98. The Hall–Kier alpha value is -2.64. The van der Waals surface area contributed by atoms with Crippen LogP contribution in [0, 0.1) is 0 Å². The number of anilines is 2. The maximum absolute atomic E-state index is 12.3. The molecule has 0 aliphatic rings. The lowest BCUT2D eigenvalue weighted by molar-refractivity contribution is 0.0601. The van der Waals surface area contributed by atoms with Crippen LogP contribution in [0.2, 0.25) is 10.0 Å². The van der Waals surface area contributed by atoms with Crippen LogP contribution < -0.4 is 20.1 Å². The van der Waals surface area contributed by atoms with Gasteiger partial charge >= 0.3 is 12.0 Å². The van der Waals surface area contributed by atoms with E-state index in [9.17, 15) is 9.59 Å². The standard InChI is InChI=1S/C17H16Cl2N2O5/c1-24-14-7-12(16(22)26-3)13(8-15(14)25-2)21-17(23)20-11-5-9(18)4-10(19)6-11/h4-8H,1-3H3,(H2,20,21,23). The van der Waals surface area contributed by atoms with Crippen LogP contribution in [0.25, 0.3) is 0 Å². The molecule has 2 N–H and O–H groups in total. The highest BCUT2D eigenvalue weighted by Gasteiger charge is 2.19. The molecule has 2 amide bonds. The number of carbonyl (C=O) groups excluding carboxylic acids is 2. The SMILES string of the molecule is COC(=O)c1cc(OC)c(OC)cc1NC(=O)Nc1cc(Cl)cc(Cl)c1. The first kappa shape index (κ1) is 19.7. The third kappa shape index (κ3) is 4.71. The normalized spacial score (nSPS) is 10.0. The molecule has 0 atom stereocenters. The zero-order valence-electron chi connectivity index (χ0n) is 14.2. The molecular formula is C17H16Cl2N2O5. The number of methoxy groups -OCH3 is 3. The molecule has 0 aliphatic heterocycles. The van der Waals surface area contributed by atoms with Crippen molar-refractivity contribution < 1.29 is 23.8 Å². The molecule has 0 heterocycles. The minimum absolute atomic E-state index is 0.101. The lowest BCUT2D eigenvalue weighted by atomic mass is 10.1. The molecule has 0 spiro atoms. The molecule has 2 aromatic rings. The van der Waals surface area contributed by atoms with E-state index in [1.807, 2.05) is 0 Å². The number of benzene rings is 2. The molecule has 0 fully saturated rings. The minimum Gasteiger partial charge on any atom is -0.493 e. The smallest absolute Gasteiger partial charge is 0.340 e. The summed E-state index contributed by atoms with van der Waals surface area (Å²) in [5.41, 5.74) is 0.671. The number of amides is 2. The third-order valence-electron chi connectivity index (χ3n) is 3.30. The molecular weight excluding hydrogens is 383 g/mol. The Labute approximate surface area is 160 Å². The van der Waals surface area contributed by atoms with Crippen LogP contribution in [0.4, 0.5) is 16.2 Å². The van der Waals surface area contributed by atoms with Crippen molar-refractivity contribution in [2.45, 2.75) is 0 Å². The van der Waals surface area contributed by atoms with Gasteiger partial charge in [0.15, 0.2) is 11.5 Å². The molecule has 0 aromatic heterocycles. The fourth-order valence-corrected chi connectivity index (χ4v) is 2.70. The van der Waals surface area contributed by atoms with Crippen molar-refractivity contribution in [2.75, 3.05) is 32.0 Å². The van der Waals surface area contributed by atoms with Crippen LogP contribution in [0.1, 0.15) is 10.4 Å². The molecule has 0 unspecified atom stereocenters. The molecule has 2 aromatic carbocycles. The van der Waals surface area contributed by atoms with Crippen LogP contribution in [0.3, 0.4) is 0 Å². The van der Waals surface area contributed by atoms with E-state index in [1.165, 1.54) is 51.7 Å². The maximum atomic E-state index is 12.3. The van der Waals surface area contributed by atoms with Crippen molar-refractivity contribution in [3.05, 3.63) is 45.9 Å². The fraction of sp³-hybridized carbons (Fsp3) is 0.176. The summed E-state index contributed by atoms with van der Waals surface area (Å²) in [6.45, 7) is 0. The molecule has 0 saturated carbocycles. The van der Waals surface area contributed by atoms with E-state index >= 15 is 0 Å². The molecule has 26 heavy (non-hydrogen) atoms. The first-order valence-electron chi connectivity index (χ1n) is 7.26. The van der Waals surface area contributed by atoms with Crippen molar-refractivity contribution in [3.63, 3.8) is 0 Å². The van der Waals surface area contributed by atoms with Gasteiger partial charge in [0.05, 0.1) is 32.6 Å². The lowest BCUT2D eigenvalue weighted by Crippen LogP contribution is -2.21. The predicted octanol–water partition coefficient (Wildman–Crippen LogP) is 4.44. The maximum Gasteiger partial charge on any atom is 0.340 e. The van der Waals surface area contributed by atoms with E-state index < -0.39 is 12.0 Å². The fourth-order valence-electron chi connectivity index (χ4n) is 2.17. The van der Waals surface area contributed by atoms with Gasteiger partial charge in [-0.3, -0.25) is 0 Å². The number of nitrogens with one attached hydrogen (secondary N) is 2. The van der Waals surface area contributed by atoms with Crippen molar-refractivity contribution in [3.8, 4) is 11.5 Å². The Morgan fingerprint density at radius 2 is 1.42 bits per heavy atom. The van der Waals surface area contributed by atoms with Crippen LogP contribution in [0.15, 0.2) is 30.3 Å². The Kier molecular flexibility index (Phi) is 6.54. The van der Waals surface area contributed by atoms with Crippen LogP contribution in [0.5, 0.6) is 11.5 Å². The zero-order chi connectivity index (χ0) is 19.3. The van der Waals surface area contributed by atoms with E-state index in [2.05, 4.69) is 10.6 Å². The number of urea groups is 1. The summed E-state index contributed by atoms with van der Waals surface area (Å²) in [6.07, 6.45) is 0. The van der Waals surface area contributed by atoms with Crippen molar-refractivity contribution in [1.82, 2.24) is 0 Å². The average molecular weight is 399 g/mol. The van der Waals surface area contributed by atoms with Crippen LogP contribution >= 0.6 is 23.2 Å². The summed E-state index contributed by atoms with van der Waals surface area (Å²) in [5, 5.41) is 5.88. The highest BCUT2D eigenvalue weighted by molar-refractivity contribution is 6.35. The van der Waals surface area contributed by atoms with Gasteiger partial charge < -0.3 is 24.8 Å². The number of halogens is 2. The number of rotatable bonds is 5. The Morgan fingerprint density at radius 3 is 1.96 bits per heavy atom. The van der Waals surface area contributed by atoms with E-state index in [4.69, 9.17) is 37.4 Å². The van der Waals surface area contributed by atoms with E-state index in [0.29, 0.717) is 27.2 Å². The van der Waals surface area contributed by atoms with Gasteiger partial charge in [0.25, 0.3) is 0 Å². The van der Waals surface area contributed by atoms with E-state index in [0.717, 1.165) is 0 Å². The van der Waals surface area contributed by atoms with Gasteiger partial charge in [0.1, 0.15) is 0 Å². The summed E-state index contributed by atoms with van der Waals surface area (Å²) in [6, 6.07) is 6.86. The molecule has 2 rings (SSSR count). The summed E-state index contributed by atoms with van der Waals surface area (Å²) in [4.78, 5) is 24.3. The summed E-state index contributed by atoms with van der Waals surface area (Å²) >= 11 is 11.8. The average Bonchev–Trinajstić information content (AvgIpc) is 2.59. The summed E-state index contributed by atoms with van der Waals surface area (Å²) in [5.74, 6) is 0.00814. The third-order valence-corrected chi connectivity index (χ3v) is 3.73. The summed E-state index contributed by atoms with van der Waals surface area (Å²) < 4.78 is 15.1. The topological polar surface area (TPSA) is 85.9 Å². The Morgan fingerprint density at radius 1 is 0.846 bits per heavy atom. The summed E-state index contributed by atoms with van der Waals surface area (Å²) in [7, 11) is 4.10. The molecule has 9 heteroatoms. The van der Waals surface area contributed by atoms with Crippen LogP contribution in [-0.2, 0) is 4.74 Å². The Bertz CT molecular complexity index is 822. The monoisotopic (exact) mass is 398 g/mol. The molecule has 0 saturated heterocycles. The van der Waals surface area contributed by atoms with Crippen molar-refractivity contribution in [1.29, 1.82) is 0 Å². The van der Waals surface area contributed by atoms with Gasteiger partial charge in [0.2, 0.25) is 0 Å². The van der Waals surface area contributed by atoms with Gasteiger partial charge in [0, 0.05) is 27.9 Å². The van der Waals surface area contributed by atoms with Gasteiger partial charge in [-0.1, -0.05) is 23.2 Å². The highest BCUT2D eigenvalue weighted by atomic mass is 35.5. The molecule has 0 bridgehead atoms. The number of esters is 1. The minimum atomic E-state index is -0.646. The lowest BCUT2D eigenvalue weighted by Gasteiger charge is -2.15. The molecule has 0 aliphatic carbocycles. The molecule has 0 radical (unpaired) electrons. The van der Waals surface area contributed by atoms with Crippen molar-refractivity contribution >= 4 is 46.6 Å². The van der Waals surface area contributed by atoms with Crippen LogP contribution in [-0.4, -0.2) is 33.3 Å². The van der Waals surface area contributed by atoms with Gasteiger partial charge in [-0.15, -0.1) is 0 Å². The van der Waals surface area contributed by atoms with E-state index in [1.54, 1.807) is 0 Å². The quantitative estimate of drug-likeness (QED) is 0.726. The van der Waals surface area contributed by atoms with Crippen molar-refractivity contribution in [2.24, 2.45) is 0 Å². The number of hydrogen-bond acceptors (Lipinski definition) is 5. The first-order chi connectivity index (χ1) is 12.4. The number of ether oxygens (including phenoxy) is 3. The highest BCUT2D eigenvalue weighted by Crippen LogP contribution is 2.34.